The van der Waals surface area contributed by atoms with Crippen molar-refractivity contribution in [3.05, 3.63) is 35.9 Å². The molecule has 11 unspecified atom stereocenters. The Balaban J connectivity index is 1.17. The lowest BCUT2D eigenvalue weighted by molar-refractivity contribution is -0.151. The average Bonchev–Trinajstić information content (AvgIpc) is 3.51. The Morgan fingerprint density at radius 1 is 1.03 bits per heavy atom. The predicted octanol–water partition coefficient (Wildman–Crippen LogP) is 7.44. The van der Waals surface area contributed by atoms with E-state index < -0.39 is 6.10 Å². The first kappa shape index (κ1) is 26.8. The van der Waals surface area contributed by atoms with Crippen molar-refractivity contribution in [3.8, 4) is 0 Å². The van der Waals surface area contributed by atoms with Gasteiger partial charge in [0.05, 0.1) is 11.7 Å². The van der Waals surface area contributed by atoms with Gasteiger partial charge in [0, 0.05) is 11.8 Å². The number of hydrogen-bond donors (Lipinski definition) is 1. The van der Waals surface area contributed by atoms with Crippen LogP contribution < -0.4 is 0 Å². The van der Waals surface area contributed by atoms with Crippen LogP contribution in [0.2, 0.25) is 0 Å². The van der Waals surface area contributed by atoms with Crippen molar-refractivity contribution in [2.45, 2.75) is 123 Å². The molecule has 1 spiro atoms. The van der Waals surface area contributed by atoms with Gasteiger partial charge in [-0.05, 0) is 91.6 Å². The van der Waals surface area contributed by atoms with E-state index in [9.17, 15) is 9.90 Å². The fourth-order valence-corrected chi connectivity index (χ4v) is 10.5. The van der Waals surface area contributed by atoms with E-state index >= 15 is 0 Å². The van der Waals surface area contributed by atoms with Crippen LogP contribution in [0.4, 0.5) is 0 Å². The Morgan fingerprint density at radius 3 is 2.53 bits per heavy atom. The third kappa shape index (κ3) is 4.02. The van der Waals surface area contributed by atoms with Crippen LogP contribution in [0, 0.1) is 46.3 Å². The summed E-state index contributed by atoms with van der Waals surface area (Å²) in [6, 6.07) is 9.30. The van der Waals surface area contributed by atoms with E-state index in [1.54, 1.807) is 0 Å². The molecule has 0 aromatic heterocycles. The van der Waals surface area contributed by atoms with Gasteiger partial charge < -0.3 is 14.6 Å². The molecule has 38 heavy (non-hydrogen) atoms. The Hall–Kier alpha value is -1.39. The van der Waals surface area contributed by atoms with Crippen LogP contribution in [-0.2, 0) is 9.47 Å². The van der Waals surface area contributed by atoms with Crippen LogP contribution in [0.3, 0.4) is 0 Å². The average molecular weight is 523 g/mol. The number of rotatable bonds is 7. The minimum Gasteiger partial charge on any atom is -0.459 e. The molecular weight excluding hydrogens is 472 g/mol. The number of aliphatic hydroxyl groups excluding tert-OH is 1. The molecule has 0 amide bonds. The number of aliphatic hydroxyl groups is 1. The second kappa shape index (κ2) is 9.61. The van der Waals surface area contributed by atoms with Crippen LogP contribution in [0.5, 0.6) is 0 Å². The van der Waals surface area contributed by atoms with Crippen LogP contribution in [0.25, 0.3) is 0 Å². The summed E-state index contributed by atoms with van der Waals surface area (Å²) >= 11 is 0. The highest BCUT2D eigenvalue weighted by atomic mass is 16.6. The topological polar surface area (TPSA) is 59.1 Å². The summed E-state index contributed by atoms with van der Waals surface area (Å²) in [4.78, 5) is 12.8. The number of carbonyl (C=O) groups excluding carboxylic acids is 1. The molecule has 6 rings (SSSR count). The maximum atomic E-state index is 12.8. The molecular formula is C34H50O4. The predicted molar refractivity (Wildman–Crippen MR) is 150 cm³/mol. The molecule has 210 valence electrons. The quantitative estimate of drug-likeness (QED) is 0.299. The van der Waals surface area contributed by atoms with Gasteiger partial charge in [0.15, 0.2) is 0 Å². The van der Waals surface area contributed by atoms with Crippen molar-refractivity contribution in [1.29, 1.82) is 0 Å². The molecule has 11 atom stereocenters. The first-order valence-corrected chi connectivity index (χ1v) is 15.7. The van der Waals surface area contributed by atoms with Gasteiger partial charge in [0.1, 0.15) is 17.8 Å². The van der Waals surface area contributed by atoms with E-state index in [1.165, 1.54) is 44.9 Å². The molecule has 1 saturated heterocycles. The third-order valence-corrected chi connectivity index (χ3v) is 12.6. The second-order valence-corrected chi connectivity index (χ2v) is 14.8. The van der Waals surface area contributed by atoms with Gasteiger partial charge in [-0.1, -0.05) is 72.1 Å². The molecule has 1 N–H and O–H groups in total. The Bertz CT molecular complexity index is 1020. The summed E-state index contributed by atoms with van der Waals surface area (Å²) in [5, 5.41) is 11.9. The standard InChI is InChI=1S/C34H50O4/c1-21(2)10-9-11-22(3)25-14-15-26-28-27(17-18-32(25,26)4)33(5)19-16-24(20-34(33)30(38-34)29(28)35)37-31(36)23-12-7-6-8-13-23/h6-8,12-13,21-22,24-30,35H,9-11,14-20H2,1-5H3. The van der Waals surface area contributed by atoms with Crippen LogP contribution in [0.15, 0.2) is 30.3 Å². The number of fused-ring (bicyclic) bond motifs is 4. The van der Waals surface area contributed by atoms with E-state index in [2.05, 4.69) is 34.6 Å². The molecule has 0 bridgehead atoms. The second-order valence-electron chi connectivity index (χ2n) is 14.8. The highest BCUT2D eigenvalue weighted by molar-refractivity contribution is 5.89. The zero-order chi connectivity index (χ0) is 26.9. The van der Waals surface area contributed by atoms with Gasteiger partial charge in [-0.25, -0.2) is 4.79 Å². The van der Waals surface area contributed by atoms with E-state index in [-0.39, 0.29) is 29.2 Å². The number of carbonyl (C=O) groups is 1. The van der Waals surface area contributed by atoms with Crippen molar-refractivity contribution < 1.29 is 19.4 Å². The highest BCUT2D eigenvalue weighted by Gasteiger charge is 2.79. The normalized spacial score (nSPS) is 45.9. The fraction of sp³-hybridized carbons (Fsp3) is 0.794. The molecule has 1 aromatic rings. The van der Waals surface area contributed by atoms with Crippen molar-refractivity contribution in [2.24, 2.45) is 46.3 Å². The molecule has 5 aliphatic rings. The molecule has 0 radical (unpaired) electrons. The zero-order valence-electron chi connectivity index (χ0n) is 24.3. The van der Waals surface area contributed by atoms with Gasteiger partial charge >= 0.3 is 5.97 Å². The minimum atomic E-state index is -0.392. The molecule has 4 aliphatic carbocycles. The first-order valence-electron chi connectivity index (χ1n) is 15.7. The Morgan fingerprint density at radius 2 is 1.79 bits per heavy atom. The largest absolute Gasteiger partial charge is 0.459 e. The van der Waals surface area contributed by atoms with E-state index in [0.717, 1.165) is 37.0 Å². The number of ether oxygens (including phenoxy) is 2. The van der Waals surface area contributed by atoms with E-state index in [1.807, 2.05) is 30.3 Å². The molecule has 4 saturated carbocycles. The van der Waals surface area contributed by atoms with Crippen LogP contribution in [0.1, 0.15) is 109 Å². The van der Waals surface area contributed by atoms with Gasteiger partial charge in [0.2, 0.25) is 0 Å². The molecule has 1 aromatic carbocycles. The van der Waals surface area contributed by atoms with Crippen molar-refractivity contribution >= 4 is 5.97 Å². The maximum Gasteiger partial charge on any atom is 0.338 e. The number of benzene rings is 1. The summed E-state index contributed by atoms with van der Waals surface area (Å²) < 4.78 is 12.6. The monoisotopic (exact) mass is 522 g/mol. The smallest absolute Gasteiger partial charge is 0.338 e. The summed E-state index contributed by atoms with van der Waals surface area (Å²) in [7, 11) is 0. The van der Waals surface area contributed by atoms with Gasteiger partial charge in [-0.2, -0.15) is 0 Å². The molecule has 5 fully saturated rings. The lowest BCUT2D eigenvalue weighted by atomic mass is 9.43. The van der Waals surface area contributed by atoms with Crippen molar-refractivity contribution in [3.63, 3.8) is 0 Å². The van der Waals surface area contributed by atoms with Gasteiger partial charge in [-0.3, -0.25) is 0 Å². The number of epoxide rings is 1. The van der Waals surface area contributed by atoms with E-state index in [0.29, 0.717) is 28.7 Å². The Kier molecular flexibility index (Phi) is 6.78. The van der Waals surface area contributed by atoms with Gasteiger partial charge in [-0.15, -0.1) is 0 Å². The molecule has 4 heteroatoms. The van der Waals surface area contributed by atoms with Crippen LogP contribution in [-0.4, -0.2) is 35.0 Å². The van der Waals surface area contributed by atoms with Crippen molar-refractivity contribution in [2.75, 3.05) is 0 Å². The van der Waals surface area contributed by atoms with Gasteiger partial charge in [0.25, 0.3) is 0 Å². The summed E-state index contributed by atoms with van der Waals surface area (Å²) in [5.41, 5.74) is 0.673. The minimum absolute atomic E-state index is 0.0551. The molecule has 1 heterocycles. The fourth-order valence-electron chi connectivity index (χ4n) is 10.5. The first-order chi connectivity index (χ1) is 18.1. The molecule has 4 nitrogen and oxygen atoms in total. The SMILES string of the molecule is CC(C)CCCC(C)C1CCC2C3C(O)C4OC45CC(OC(=O)c4ccccc4)CCC5(C)C3CCC12C. The highest BCUT2D eigenvalue weighted by Crippen LogP contribution is 2.74. The van der Waals surface area contributed by atoms with E-state index in [4.69, 9.17) is 9.47 Å². The van der Waals surface area contributed by atoms with Crippen LogP contribution >= 0.6 is 0 Å². The van der Waals surface area contributed by atoms with Crippen molar-refractivity contribution in [1.82, 2.24) is 0 Å². The zero-order valence-corrected chi connectivity index (χ0v) is 24.3. The lowest BCUT2D eigenvalue weighted by Gasteiger charge is -2.60. The number of esters is 1. The number of hydrogen-bond acceptors (Lipinski definition) is 4. The third-order valence-electron chi connectivity index (χ3n) is 12.6. The summed E-state index contributed by atoms with van der Waals surface area (Å²) in [5.74, 6) is 3.53. The lowest BCUT2D eigenvalue weighted by Crippen LogP contribution is -2.63. The molecule has 1 aliphatic heterocycles. The maximum absolute atomic E-state index is 12.8. The summed E-state index contributed by atoms with van der Waals surface area (Å²) in [6.45, 7) is 12.2. The Labute approximate surface area is 230 Å². The summed E-state index contributed by atoms with van der Waals surface area (Å²) in [6.07, 6.45) is 11.1.